The molecule has 7 heteroatoms. The van der Waals surface area contributed by atoms with Crippen molar-refractivity contribution in [3.05, 3.63) is 23.3 Å². The maximum Gasteiger partial charge on any atom is 0.241 e. The van der Waals surface area contributed by atoms with Crippen molar-refractivity contribution in [3.63, 3.8) is 0 Å². The smallest absolute Gasteiger partial charge is 0.241 e. The Kier molecular flexibility index (Phi) is 4.88. The second-order valence-corrected chi connectivity index (χ2v) is 7.05. The number of morpholine rings is 1. The molecule has 0 aliphatic carbocycles. The Labute approximate surface area is 125 Å². The molecule has 0 radical (unpaired) electrons. The van der Waals surface area contributed by atoms with Crippen LogP contribution < -0.4 is 9.88 Å². The fourth-order valence-corrected chi connectivity index (χ4v) is 3.28. The zero-order valence-corrected chi connectivity index (χ0v) is 13.4. The average molecular weight is 314 g/mol. The molecule has 2 rings (SSSR count). The van der Waals surface area contributed by atoms with Crippen LogP contribution in [0.1, 0.15) is 11.1 Å². The highest BCUT2D eigenvalue weighted by molar-refractivity contribution is 7.89. The van der Waals surface area contributed by atoms with Crippen molar-refractivity contribution in [2.24, 2.45) is 5.14 Å². The van der Waals surface area contributed by atoms with E-state index >= 15 is 0 Å². The number of sulfonamides is 1. The van der Waals surface area contributed by atoms with Crippen LogP contribution in [0.15, 0.2) is 17.0 Å². The third kappa shape index (κ3) is 4.16. The summed E-state index contributed by atoms with van der Waals surface area (Å²) in [6.45, 7) is 6.24. The quantitative estimate of drug-likeness (QED) is 0.883. The minimum atomic E-state index is -3.82. The Morgan fingerprint density at radius 2 is 2.14 bits per heavy atom. The molecule has 1 fully saturated rings. The largest absolute Gasteiger partial charge is 0.489 e. The summed E-state index contributed by atoms with van der Waals surface area (Å²) in [6, 6.07) is 3.41. The van der Waals surface area contributed by atoms with Gasteiger partial charge in [0.15, 0.2) is 0 Å². The molecule has 2 N–H and O–H groups in total. The predicted octanol–water partition coefficient (Wildman–Crippen LogP) is 0.660. The fourth-order valence-electron chi connectivity index (χ4n) is 2.46. The summed E-state index contributed by atoms with van der Waals surface area (Å²) in [5, 5.41) is 5.28. The third-order valence-corrected chi connectivity index (χ3v) is 4.36. The number of likely N-dealkylation sites (N-methyl/N-ethyl adjacent to an activating group) is 1. The van der Waals surface area contributed by atoms with Crippen molar-refractivity contribution < 1.29 is 17.9 Å². The van der Waals surface area contributed by atoms with Crippen LogP contribution in [0.25, 0.3) is 0 Å². The number of primary sulfonamides is 1. The fraction of sp³-hybridized carbons (Fsp3) is 0.571. The molecule has 1 aliphatic rings. The molecule has 6 nitrogen and oxygen atoms in total. The second-order valence-electron chi connectivity index (χ2n) is 5.52. The number of nitrogens with zero attached hydrogens (tertiary/aromatic N) is 1. The lowest BCUT2D eigenvalue weighted by atomic mass is 10.1. The van der Waals surface area contributed by atoms with Crippen molar-refractivity contribution in [1.82, 2.24) is 4.90 Å². The zero-order valence-electron chi connectivity index (χ0n) is 12.6. The molecule has 0 amide bonds. The second kappa shape index (κ2) is 6.31. The number of hydrogen-bond donors (Lipinski definition) is 1. The van der Waals surface area contributed by atoms with E-state index in [1.165, 1.54) is 6.07 Å². The highest BCUT2D eigenvalue weighted by Crippen LogP contribution is 2.29. The Morgan fingerprint density at radius 3 is 2.76 bits per heavy atom. The van der Waals surface area contributed by atoms with Crippen molar-refractivity contribution in [2.45, 2.75) is 24.8 Å². The van der Waals surface area contributed by atoms with Gasteiger partial charge in [-0.1, -0.05) is 6.07 Å². The van der Waals surface area contributed by atoms with Crippen LogP contribution in [-0.2, 0) is 14.8 Å². The van der Waals surface area contributed by atoms with Crippen LogP contribution in [0.4, 0.5) is 0 Å². The number of ether oxygens (including phenoxy) is 2. The number of nitrogens with two attached hydrogens (primary N) is 1. The van der Waals surface area contributed by atoms with Gasteiger partial charge in [-0.15, -0.1) is 0 Å². The molecule has 21 heavy (non-hydrogen) atoms. The van der Waals surface area contributed by atoms with E-state index in [9.17, 15) is 8.42 Å². The lowest BCUT2D eigenvalue weighted by molar-refractivity contribution is -0.0408. The SMILES string of the molecule is Cc1cc(C)c(OCC2CN(C)CCO2)c(S(N)(=O)=O)c1. The molecule has 1 heterocycles. The van der Waals surface area contributed by atoms with Gasteiger partial charge in [-0.05, 0) is 38.1 Å². The Bertz CT molecular complexity index is 616. The van der Waals surface area contributed by atoms with Crippen molar-refractivity contribution in [1.29, 1.82) is 0 Å². The summed E-state index contributed by atoms with van der Waals surface area (Å²) >= 11 is 0. The summed E-state index contributed by atoms with van der Waals surface area (Å²) < 4.78 is 34.8. The van der Waals surface area contributed by atoms with E-state index < -0.39 is 10.0 Å². The molecular weight excluding hydrogens is 292 g/mol. The molecule has 0 spiro atoms. The van der Waals surface area contributed by atoms with E-state index in [1.807, 2.05) is 27.0 Å². The van der Waals surface area contributed by atoms with Gasteiger partial charge in [0.05, 0.1) is 6.61 Å². The van der Waals surface area contributed by atoms with E-state index in [0.29, 0.717) is 19.0 Å². The maximum absolute atomic E-state index is 11.7. The van der Waals surface area contributed by atoms with Crippen LogP contribution >= 0.6 is 0 Å². The van der Waals surface area contributed by atoms with Gasteiger partial charge in [0.2, 0.25) is 10.0 Å². The van der Waals surface area contributed by atoms with Gasteiger partial charge in [0, 0.05) is 13.1 Å². The molecule has 1 aliphatic heterocycles. The first kappa shape index (κ1) is 16.2. The topological polar surface area (TPSA) is 81.9 Å². The van der Waals surface area contributed by atoms with E-state index in [2.05, 4.69) is 4.90 Å². The average Bonchev–Trinajstić information content (AvgIpc) is 2.36. The first-order valence-electron chi connectivity index (χ1n) is 6.84. The van der Waals surface area contributed by atoms with Crippen LogP contribution in [0.3, 0.4) is 0 Å². The first-order valence-corrected chi connectivity index (χ1v) is 8.39. The maximum atomic E-state index is 11.7. The lowest BCUT2D eigenvalue weighted by Gasteiger charge is -2.30. The zero-order chi connectivity index (χ0) is 15.6. The highest BCUT2D eigenvalue weighted by Gasteiger charge is 2.22. The summed E-state index contributed by atoms with van der Waals surface area (Å²) in [4.78, 5) is 2.18. The summed E-state index contributed by atoms with van der Waals surface area (Å²) in [5.74, 6) is 0.319. The van der Waals surface area contributed by atoms with E-state index in [-0.39, 0.29) is 11.0 Å². The van der Waals surface area contributed by atoms with Gasteiger partial charge in [-0.3, -0.25) is 0 Å². The molecule has 1 aromatic carbocycles. The van der Waals surface area contributed by atoms with Crippen molar-refractivity contribution in [3.8, 4) is 5.75 Å². The van der Waals surface area contributed by atoms with Gasteiger partial charge in [-0.2, -0.15) is 0 Å². The summed E-state index contributed by atoms with van der Waals surface area (Å²) in [5.41, 5.74) is 1.58. The van der Waals surface area contributed by atoms with E-state index in [4.69, 9.17) is 14.6 Å². The molecule has 1 saturated heterocycles. The Hall–Kier alpha value is -1.15. The molecule has 0 bridgehead atoms. The molecule has 0 saturated carbocycles. The highest BCUT2D eigenvalue weighted by atomic mass is 32.2. The number of aryl methyl sites for hydroxylation is 2. The van der Waals surface area contributed by atoms with Gasteiger partial charge in [0.25, 0.3) is 0 Å². The number of rotatable bonds is 4. The minimum Gasteiger partial charge on any atom is -0.489 e. The van der Waals surface area contributed by atoms with Crippen molar-refractivity contribution >= 4 is 10.0 Å². The van der Waals surface area contributed by atoms with Gasteiger partial charge >= 0.3 is 0 Å². The molecule has 1 aromatic rings. The standard InChI is InChI=1S/C14H22N2O4S/c1-10-6-11(2)14(13(7-10)21(15,17)18)20-9-12-8-16(3)4-5-19-12/h6-7,12H,4-5,8-9H2,1-3H3,(H2,15,17,18). The van der Waals surface area contributed by atoms with Crippen LogP contribution in [0.5, 0.6) is 5.75 Å². The van der Waals surface area contributed by atoms with Gasteiger partial charge in [0.1, 0.15) is 23.4 Å². The molecule has 1 unspecified atom stereocenters. The lowest BCUT2D eigenvalue weighted by Crippen LogP contribution is -2.42. The molecule has 0 aromatic heterocycles. The van der Waals surface area contributed by atoms with Crippen molar-refractivity contribution in [2.75, 3.05) is 33.4 Å². The monoisotopic (exact) mass is 314 g/mol. The van der Waals surface area contributed by atoms with Crippen LogP contribution in [0.2, 0.25) is 0 Å². The van der Waals surface area contributed by atoms with E-state index in [1.54, 1.807) is 0 Å². The number of benzene rings is 1. The van der Waals surface area contributed by atoms with Crippen LogP contribution in [0, 0.1) is 13.8 Å². The van der Waals surface area contributed by atoms with Crippen LogP contribution in [-0.4, -0.2) is 52.8 Å². The summed E-state index contributed by atoms with van der Waals surface area (Å²) in [6.07, 6.45) is -0.0715. The third-order valence-electron chi connectivity index (χ3n) is 3.45. The van der Waals surface area contributed by atoms with Gasteiger partial charge < -0.3 is 14.4 Å². The first-order chi connectivity index (χ1) is 9.77. The van der Waals surface area contributed by atoms with E-state index in [0.717, 1.165) is 24.2 Å². The molecule has 118 valence electrons. The predicted molar refractivity (Wildman–Crippen MR) is 80.0 cm³/mol. The molecular formula is C14H22N2O4S. The molecule has 1 atom stereocenters. The Balaban J connectivity index is 2.19. The minimum absolute atomic E-state index is 0.0316. The summed E-state index contributed by atoms with van der Waals surface area (Å²) in [7, 11) is -1.80. The number of hydrogen-bond acceptors (Lipinski definition) is 5. The van der Waals surface area contributed by atoms with Gasteiger partial charge in [-0.25, -0.2) is 13.6 Å². The Morgan fingerprint density at radius 1 is 1.43 bits per heavy atom. The normalized spacial score (nSPS) is 20.5.